The molecule has 0 heterocycles. The molecular weight excluding hydrogens is 300 g/mol. The lowest BCUT2D eigenvalue weighted by Gasteiger charge is -2.11. The van der Waals surface area contributed by atoms with Gasteiger partial charge in [0.1, 0.15) is 0 Å². The standard InChI is InChI=1S/C15H24N4O2S/c1-3-9-16-15(17-10-4-11-22-2)18-12-13-5-7-14(8-6-13)19(20)21/h5-8H,3-4,9-12H2,1-2H3,(H2,16,17,18). The number of benzene rings is 1. The number of guanidine groups is 1. The molecule has 1 aromatic carbocycles. The fourth-order valence-corrected chi connectivity index (χ4v) is 2.17. The summed E-state index contributed by atoms with van der Waals surface area (Å²) < 4.78 is 0. The molecule has 0 unspecified atom stereocenters. The van der Waals surface area contributed by atoms with Crippen molar-refractivity contribution >= 4 is 23.4 Å². The van der Waals surface area contributed by atoms with Crippen molar-refractivity contribution in [3.63, 3.8) is 0 Å². The summed E-state index contributed by atoms with van der Waals surface area (Å²) in [5.41, 5.74) is 1.06. The van der Waals surface area contributed by atoms with Gasteiger partial charge in [0.15, 0.2) is 5.96 Å². The third kappa shape index (κ3) is 7.31. The van der Waals surface area contributed by atoms with Gasteiger partial charge in [-0.2, -0.15) is 11.8 Å². The first-order chi connectivity index (χ1) is 10.7. The molecule has 122 valence electrons. The van der Waals surface area contributed by atoms with E-state index in [9.17, 15) is 10.1 Å². The second-order valence-electron chi connectivity index (χ2n) is 4.79. The van der Waals surface area contributed by atoms with Gasteiger partial charge in [-0.15, -0.1) is 0 Å². The van der Waals surface area contributed by atoms with E-state index in [1.807, 2.05) is 11.8 Å². The average Bonchev–Trinajstić information content (AvgIpc) is 2.53. The van der Waals surface area contributed by atoms with Gasteiger partial charge in [0.2, 0.25) is 0 Å². The number of non-ortho nitro benzene ring substituents is 1. The molecule has 6 nitrogen and oxygen atoms in total. The molecule has 1 aromatic rings. The van der Waals surface area contributed by atoms with Crippen molar-refractivity contribution in [2.75, 3.05) is 25.1 Å². The van der Waals surface area contributed by atoms with Crippen LogP contribution in [0.15, 0.2) is 29.3 Å². The third-order valence-electron chi connectivity index (χ3n) is 2.93. The highest BCUT2D eigenvalue weighted by Crippen LogP contribution is 2.12. The first-order valence-corrected chi connectivity index (χ1v) is 8.81. The smallest absolute Gasteiger partial charge is 0.269 e. The maximum atomic E-state index is 10.6. The van der Waals surface area contributed by atoms with Crippen molar-refractivity contribution in [2.24, 2.45) is 4.99 Å². The van der Waals surface area contributed by atoms with E-state index < -0.39 is 4.92 Å². The van der Waals surface area contributed by atoms with Crippen molar-refractivity contribution in [1.82, 2.24) is 10.6 Å². The second-order valence-corrected chi connectivity index (χ2v) is 5.77. The fraction of sp³-hybridized carbons (Fsp3) is 0.533. The number of hydrogen-bond acceptors (Lipinski definition) is 4. The van der Waals surface area contributed by atoms with E-state index in [1.165, 1.54) is 12.1 Å². The number of aliphatic imine (C=N–C) groups is 1. The Morgan fingerprint density at radius 1 is 1.27 bits per heavy atom. The number of thioether (sulfide) groups is 1. The van der Waals surface area contributed by atoms with Crippen molar-refractivity contribution < 1.29 is 4.92 Å². The molecule has 7 heteroatoms. The molecule has 22 heavy (non-hydrogen) atoms. The maximum Gasteiger partial charge on any atom is 0.269 e. The number of hydrogen-bond donors (Lipinski definition) is 2. The van der Waals surface area contributed by atoms with Crippen LogP contribution in [0.5, 0.6) is 0 Å². The summed E-state index contributed by atoms with van der Waals surface area (Å²) in [5, 5.41) is 17.2. The van der Waals surface area contributed by atoms with Crippen LogP contribution in [0.4, 0.5) is 5.69 Å². The Bertz CT molecular complexity index is 477. The minimum absolute atomic E-state index is 0.104. The number of nitrogens with zero attached hydrogens (tertiary/aromatic N) is 2. The minimum Gasteiger partial charge on any atom is -0.356 e. The first kappa shape index (κ1) is 18.3. The van der Waals surface area contributed by atoms with Crippen LogP contribution in [-0.2, 0) is 6.54 Å². The van der Waals surface area contributed by atoms with E-state index in [2.05, 4.69) is 28.8 Å². The lowest BCUT2D eigenvalue weighted by Crippen LogP contribution is -2.38. The van der Waals surface area contributed by atoms with E-state index in [4.69, 9.17) is 0 Å². The molecule has 0 fully saturated rings. The van der Waals surface area contributed by atoms with Crippen LogP contribution in [-0.4, -0.2) is 36.0 Å². The molecule has 0 aliphatic carbocycles. The predicted octanol–water partition coefficient (Wildman–Crippen LogP) is 2.79. The van der Waals surface area contributed by atoms with Crippen LogP contribution in [0.25, 0.3) is 0 Å². The van der Waals surface area contributed by atoms with Gasteiger partial charge in [0, 0.05) is 25.2 Å². The second kappa shape index (κ2) is 10.9. The SMILES string of the molecule is CCCNC(=NCc1ccc([N+](=O)[O-])cc1)NCCCSC. The van der Waals surface area contributed by atoms with Crippen LogP contribution in [0.3, 0.4) is 0 Å². The molecule has 0 bridgehead atoms. The Balaban J connectivity index is 2.56. The van der Waals surface area contributed by atoms with E-state index in [1.54, 1.807) is 12.1 Å². The van der Waals surface area contributed by atoms with Crippen molar-refractivity contribution in [3.05, 3.63) is 39.9 Å². The van der Waals surface area contributed by atoms with Gasteiger partial charge in [-0.3, -0.25) is 10.1 Å². The monoisotopic (exact) mass is 324 g/mol. The van der Waals surface area contributed by atoms with E-state index >= 15 is 0 Å². The van der Waals surface area contributed by atoms with Crippen molar-refractivity contribution in [2.45, 2.75) is 26.3 Å². The normalized spacial score (nSPS) is 11.3. The van der Waals surface area contributed by atoms with E-state index in [0.717, 1.165) is 43.2 Å². The van der Waals surface area contributed by atoms with Crippen LogP contribution >= 0.6 is 11.8 Å². The lowest BCUT2D eigenvalue weighted by molar-refractivity contribution is -0.384. The summed E-state index contributed by atoms with van der Waals surface area (Å²) in [4.78, 5) is 14.8. The minimum atomic E-state index is -0.394. The molecule has 0 saturated carbocycles. The Hall–Kier alpha value is -1.76. The van der Waals surface area contributed by atoms with Gasteiger partial charge in [-0.05, 0) is 30.4 Å². The van der Waals surface area contributed by atoms with Crippen LogP contribution in [0.1, 0.15) is 25.3 Å². The maximum absolute atomic E-state index is 10.6. The molecule has 0 saturated heterocycles. The third-order valence-corrected chi connectivity index (χ3v) is 3.62. The number of nitrogens with one attached hydrogen (secondary N) is 2. The van der Waals surface area contributed by atoms with Crippen LogP contribution in [0.2, 0.25) is 0 Å². The van der Waals surface area contributed by atoms with E-state index in [0.29, 0.717) is 6.54 Å². The molecule has 0 atom stereocenters. The molecule has 0 radical (unpaired) electrons. The van der Waals surface area contributed by atoms with Gasteiger partial charge < -0.3 is 10.6 Å². The highest BCUT2D eigenvalue weighted by Gasteiger charge is 2.04. The Morgan fingerprint density at radius 3 is 2.55 bits per heavy atom. The first-order valence-electron chi connectivity index (χ1n) is 7.41. The highest BCUT2D eigenvalue weighted by molar-refractivity contribution is 7.98. The molecule has 0 amide bonds. The highest BCUT2D eigenvalue weighted by atomic mass is 32.2. The topological polar surface area (TPSA) is 79.6 Å². The summed E-state index contributed by atoms with van der Waals surface area (Å²) in [6.45, 7) is 4.36. The molecule has 1 rings (SSSR count). The number of nitro benzene ring substituents is 1. The van der Waals surface area contributed by atoms with Crippen LogP contribution < -0.4 is 10.6 Å². The Kier molecular flexibility index (Phi) is 9.06. The largest absolute Gasteiger partial charge is 0.356 e. The fourth-order valence-electron chi connectivity index (χ4n) is 1.73. The molecule has 0 aliphatic rings. The molecule has 2 N–H and O–H groups in total. The molecule has 0 aromatic heterocycles. The van der Waals surface area contributed by atoms with Crippen LogP contribution in [0, 0.1) is 10.1 Å². The summed E-state index contributed by atoms with van der Waals surface area (Å²) in [6.07, 6.45) is 4.22. The summed E-state index contributed by atoms with van der Waals surface area (Å²) >= 11 is 1.83. The van der Waals surface area contributed by atoms with Gasteiger partial charge in [-0.25, -0.2) is 4.99 Å². The Labute approximate surface area is 135 Å². The molecule has 0 spiro atoms. The molecular formula is C15H24N4O2S. The summed E-state index contributed by atoms with van der Waals surface area (Å²) in [5.74, 6) is 1.91. The number of rotatable bonds is 9. The quantitative estimate of drug-likeness (QED) is 0.240. The average molecular weight is 324 g/mol. The van der Waals surface area contributed by atoms with Gasteiger partial charge >= 0.3 is 0 Å². The van der Waals surface area contributed by atoms with Crippen molar-refractivity contribution in [3.8, 4) is 0 Å². The van der Waals surface area contributed by atoms with Crippen molar-refractivity contribution in [1.29, 1.82) is 0 Å². The lowest BCUT2D eigenvalue weighted by atomic mass is 10.2. The Morgan fingerprint density at radius 2 is 1.95 bits per heavy atom. The van der Waals surface area contributed by atoms with Gasteiger partial charge in [0.25, 0.3) is 5.69 Å². The van der Waals surface area contributed by atoms with Gasteiger partial charge in [-0.1, -0.05) is 19.1 Å². The zero-order valence-electron chi connectivity index (χ0n) is 13.2. The molecule has 0 aliphatic heterocycles. The summed E-state index contributed by atoms with van der Waals surface area (Å²) in [7, 11) is 0. The predicted molar refractivity (Wildman–Crippen MR) is 93.5 cm³/mol. The van der Waals surface area contributed by atoms with E-state index in [-0.39, 0.29) is 5.69 Å². The van der Waals surface area contributed by atoms with Gasteiger partial charge in [0.05, 0.1) is 11.5 Å². The summed E-state index contributed by atoms with van der Waals surface area (Å²) in [6, 6.07) is 6.51. The number of nitro groups is 1. The zero-order chi connectivity index (χ0) is 16.2. The zero-order valence-corrected chi connectivity index (χ0v) is 14.0.